The van der Waals surface area contributed by atoms with E-state index in [1.165, 1.54) is 0 Å². The van der Waals surface area contributed by atoms with Crippen LogP contribution in [0.2, 0.25) is 0 Å². The van der Waals surface area contributed by atoms with Gasteiger partial charge in [0.05, 0.1) is 0 Å². The zero-order valence-corrected chi connectivity index (χ0v) is 12.4. The van der Waals surface area contributed by atoms with E-state index in [0.29, 0.717) is 19.3 Å². The third kappa shape index (κ3) is 5.87. The van der Waals surface area contributed by atoms with Crippen molar-refractivity contribution in [2.75, 3.05) is 18.5 Å². The molecule has 0 aromatic heterocycles. The van der Waals surface area contributed by atoms with Crippen molar-refractivity contribution in [2.24, 2.45) is 0 Å². The van der Waals surface area contributed by atoms with Crippen LogP contribution >= 0.6 is 0 Å². The molecule has 2 amide bonds. The van der Waals surface area contributed by atoms with E-state index in [-0.39, 0.29) is 11.8 Å². The molecule has 110 valence electrons. The van der Waals surface area contributed by atoms with Crippen LogP contribution in [0.3, 0.4) is 0 Å². The van der Waals surface area contributed by atoms with Gasteiger partial charge in [0, 0.05) is 32.1 Å². The van der Waals surface area contributed by atoms with E-state index in [1.54, 1.807) is 11.9 Å². The van der Waals surface area contributed by atoms with Crippen LogP contribution in [0.4, 0.5) is 5.69 Å². The first kappa shape index (κ1) is 16.2. The summed E-state index contributed by atoms with van der Waals surface area (Å²) in [5, 5.41) is 2.85. The van der Waals surface area contributed by atoms with Crippen LogP contribution in [0.5, 0.6) is 0 Å². The first-order valence-corrected chi connectivity index (χ1v) is 7.23. The summed E-state index contributed by atoms with van der Waals surface area (Å²) in [6.07, 6.45) is 3.47. The Kier molecular flexibility index (Phi) is 7.40. The number of carbonyl (C=O) groups is 2. The van der Waals surface area contributed by atoms with Crippen molar-refractivity contribution >= 4 is 17.5 Å². The fourth-order valence-corrected chi connectivity index (χ4v) is 1.86. The lowest BCUT2D eigenvalue weighted by atomic mass is 10.2. The lowest BCUT2D eigenvalue weighted by molar-refractivity contribution is -0.121. The number of para-hydroxylation sites is 1. The molecule has 0 fully saturated rings. The molecule has 4 heteroatoms. The Balaban J connectivity index is 2.24. The lowest BCUT2D eigenvalue weighted by Crippen LogP contribution is -2.27. The Morgan fingerprint density at radius 3 is 2.45 bits per heavy atom. The maximum Gasteiger partial charge on any atom is 0.226 e. The van der Waals surface area contributed by atoms with Crippen molar-refractivity contribution in [1.82, 2.24) is 5.32 Å². The van der Waals surface area contributed by atoms with Crippen molar-refractivity contribution in [1.29, 1.82) is 0 Å². The van der Waals surface area contributed by atoms with Crippen molar-refractivity contribution in [3.63, 3.8) is 0 Å². The van der Waals surface area contributed by atoms with Gasteiger partial charge in [-0.15, -0.1) is 0 Å². The number of anilines is 1. The zero-order chi connectivity index (χ0) is 14.8. The van der Waals surface area contributed by atoms with Gasteiger partial charge in [0.1, 0.15) is 0 Å². The molecule has 1 rings (SSSR count). The number of amides is 2. The predicted molar refractivity (Wildman–Crippen MR) is 81.6 cm³/mol. The minimum absolute atomic E-state index is 0.0358. The molecule has 20 heavy (non-hydrogen) atoms. The number of rotatable bonds is 8. The molecule has 0 bridgehead atoms. The van der Waals surface area contributed by atoms with E-state index in [2.05, 4.69) is 12.2 Å². The molecule has 0 aliphatic rings. The molecule has 1 aromatic carbocycles. The lowest BCUT2D eigenvalue weighted by Gasteiger charge is -2.17. The molecule has 0 aliphatic carbocycles. The Morgan fingerprint density at radius 2 is 1.80 bits per heavy atom. The number of nitrogens with one attached hydrogen (secondary N) is 1. The fourth-order valence-electron chi connectivity index (χ4n) is 1.86. The van der Waals surface area contributed by atoms with Crippen LogP contribution in [0.25, 0.3) is 0 Å². The van der Waals surface area contributed by atoms with Gasteiger partial charge >= 0.3 is 0 Å². The van der Waals surface area contributed by atoms with Gasteiger partial charge in [-0.1, -0.05) is 31.5 Å². The largest absolute Gasteiger partial charge is 0.356 e. The molecular weight excluding hydrogens is 252 g/mol. The van der Waals surface area contributed by atoms with E-state index in [0.717, 1.165) is 25.1 Å². The standard InChI is InChI=1S/C16H24N2O2/c1-3-4-13-17-15(19)11-8-12-16(20)18(2)14-9-6-5-7-10-14/h5-7,9-10H,3-4,8,11-13H2,1-2H3,(H,17,19). The van der Waals surface area contributed by atoms with Crippen molar-refractivity contribution in [2.45, 2.75) is 39.0 Å². The molecule has 1 N–H and O–H groups in total. The molecule has 1 aromatic rings. The monoisotopic (exact) mass is 276 g/mol. The van der Waals surface area contributed by atoms with Gasteiger partial charge < -0.3 is 10.2 Å². The molecule has 0 saturated carbocycles. The number of benzene rings is 1. The fraction of sp³-hybridized carbons (Fsp3) is 0.500. The Hall–Kier alpha value is -1.84. The minimum Gasteiger partial charge on any atom is -0.356 e. The summed E-state index contributed by atoms with van der Waals surface area (Å²) < 4.78 is 0. The second-order valence-electron chi connectivity index (χ2n) is 4.85. The van der Waals surface area contributed by atoms with Crippen LogP contribution in [0, 0.1) is 0 Å². The average molecular weight is 276 g/mol. The van der Waals surface area contributed by atoms with Crippen LogP contribution < -0.4 is 10.2 Å². The van der Waals surface area contributed by atoms with Crippen LogP contribution in [0.15, 0.2) is 30.3 Å². The normalized spacial score (nSPS) is 10.1. The van der Waals surface area contributed by atoms with Gasteiger partial charge in [-0.05, 0) is 25.0 Å². The van der Waals surface area contributed by atoms with Crippen molar-refractivity contribution in [3.8, 4) is 0 Å². The SMILES string of the molecule is CCCCNC(=O)CCCC(=O)N(C)c1ccccc1. The smallest absolute Gasteiger partial charge is 0.226 e. The highest BCUT2D eigenvalue weighted by molar-refractivity contribution is 5.92. The zero-order valence-electron chi connectivity index (χ0n) is 12.4. The first-order valence-electron chi connectivity index (χ1n) is 7.23. The molecule has 4 nitrogen and oxygen atoms in total. The summed E-state index contributed by atoms with van der Waals surface area (Å²) in [5.74, 6) is 0.0752. The number of nitrogens with zero attached hydrogens (tertiary/aromatic N) is 1. The van der Waals surface area contributed by atoms with Gasteiger partial charge in [-0.2, -0.15) is 0 Å². The third-order valence-corrected chi connectivity index (χ3v) is 3.16. The average Bonchev–Trinajstić information content (AvgIpc) is 2.47. The Morgan fingerprint density at radius 1 is 1.10 bits per heavy atom. The second kappa shape index (κ2) is 9.13. The topological polar surface area (TPSA) is 49.4 Å². The molecule has 0 spiro atoms. The number of unbranched alkanes of at least 4 members (excludes halogenated alkanes) is 1. The molecule has 0 heterocycles. The number of hydrogen-bond donors (Lipinski definition) is 1. The van der Waals surface area contributed by atoms with Gasteiger partial charge in [-0.3, -0.25) is 9.59 Å². The van der Waals surface area contributed by atoms with E-state index in [1.807, 2.05) is 30.3 Å². The summed E-state index contributed by atoms with van der Waals surface area (Å²) in [7, 11) is 1.76. The summed E-state index contributed by atoms with van der Waals surface area (Å²) in [5.41, 5.74) is 0.880. The molecule has 0 unspecified atom stereocenters. The summed E-state index contributed by atoms with van der Waals surface area (Å²) in [4.78, 5) is 25.1. The van der Waals surface area contributed by atoms with E-state index < -0.39 is 0 Å². The van der Waals surface area contributed by atoms with Gasteiger partial charge in [0.2, 0.25) is 11.8 Å². The van der Waals surface area contributed by atoms with Gasteiger partial charge in [-0.25, -0.2) is 0 Å². The second-order valence-corrected chi connectivity index (χ2v) is 4.85. The maximum atomic E-state index is 12.0. The van der Waals surface area contributed by atoms with Crippen molar-refractivity contribution in [3.05, 3.63) is 30.3 Å². The summed E-state index contributed by atoms with van der Waals surface area (Å²) in [6.45, 7) is 2.82. The quantitative estimate of drug-likeness (QED) is 0.742. The van der Waals surface area contributed by atoms with E-state index in [9.17, 15) is 9.59 Å². The highest BCUT2D eigenvalue weighted by Crippen LogP contribution is 2.13. The van der Waals surface area contributed by atoms with Gasteiger partial charge in [0.15, 0.2) is 0 Å². The van der Waals surface area contributed by atoms with E-state index >= 15 is 0 Å². The van der Waals surface area contributed by atoms with Crippen LogP contribution in [-0.4, -0.2) is 25.4 Å². The van der Waals surface area contributed by atoms with Crippen LogP contribution in [0.1, 0.15) is 39.0 Å². The van der Waals surface area contributed by atoms with Crippen molar-refractivity contribution < 1.29 is 9.59 Å². The first-order chi connectivity index (χ1) is 9.65. The highest BCUT2D eigenvalue weighted by atomic mass is 16.2. The Labute approximate surface area is 121 Å². The van der Waals surface area contributed by atoms with Gasteiger partial charge in [0.25, 0.3) is 0 Å². The van der Waals surface area contributed by atoms with Crippen LogP contribution in [-0.2, 0) is 9.59 Å². The van der Waals surface area contributed by atoms with E-state index in [4.69, 9.17) is 0 Å². The Bertz CT molecular complexity index is 418. The molecule has 0 radical (unpaired) electrons. The highest BCUT2D eigenvalue weighted by Gasteiger charge is 2.11. The molecular formula is C16H24N2O2. The summed E-state index contributed by atoms with van der Waals surface area (Å²) in [6, 6.07) is 9.52. The third-order valence-electron chi connectivity index (χ3n) is 3.16. The predicted octanol–water partition coefficient (Wildman–Crippen LogP) is 2.74. The maximum absolute atomic E-state index is 12.0. The minimum atomic E-state index is 0.0358. The molecule has 0 aliphatic heterocycles. The molecule has 0 saturated heterocycles. The number of hydrogen-bond acceptors (Lipinski definition) is 2. The summed E-state index contributed by atoms with van der Waals surface area (Å²) >= 11 is 0. The number of carbonyl (C=O) groups excluding carboxylic acids is 2. The molecule has 0 atom stereocenters.